The van der Waals surface area contributed by atoms with Crippen molar-refractivity contribution in [1.29, 1.82) is 0 Å². The number of rotatable bonds is 6. The first kappa shape index (κ1) is 24.2. The van der Waals surface area contributed by atoms with E-state index in [0.717, 1.165) is 68.7 Å². The van der Waals surface area contributed by atoms with E-state index in [9.17, 15) is 16.8 Å². The highest BCUT2D eigenvalue weighted by atomic mass is 32.3. The molecule has 1 aromatic rings. The molecular formula is C25H39NO4S2. The van der Waals surface area contributed by atoms with Crippen molar-refractivity contribution >= 4 is 20.0 Å². The van der Waals surface area contributed by atoms with Crippen molar-refractivity contribution in [3.05, 3.63) is 28.8 Å². The maximum atomic E-state index is 13.6. The molecule has 32 heavy (non-hydrogen) atoms. The van der Waals surface area contributed by atoms with Gasteiger partial charge in [-0.1, -0.05) is 69.9 Å². The van der Waals surface area contributed by atoms with Gasteiger partial charge in [0.2, 0.25) is 10.0 Å². The van der Waals surface area contributed by atoms with Crippen LogP contribution < -0.4 is 4.13 Å². The quantitative estimate of drug-likeness (QED) is 0.535. The van der Waals surface area contributed by atoms with Crippen LogP contribution in [0.25, 0.3) is 0 Å². The van der Waals surface area contributed by atoms with E-state index in [1.165, 1.54) is 50.5 Å². The minimum atomic E-state index is -4.16. The molecule has 0 saturated heterocycles. The first-order chi connectivity index (χ1) is 15.2. The molecule has 0 radical (unpaired) electrons. The topological polar surface area (TPSA) is 80.3 Å². The van der Waals surface area contributed by atoms with Crippen LogP contribution in [0.2, 0.25) is 0 Å². The summed E-state index contributed by atoms with van der Waals surface area (Å²) in [6, 6.07) is 4.32. The van der Waals surface area contributed by atoms with Crippen LogP contribution in [0.1, 0.15) is 131 Å². The summed E-state index contributed by atoms with van der Waals surface area (Å²) in [5.41, 5.74) is 3.08. The van der Waals surface area contributed by atoms with E-state index in [2.05, 4.69) is 12.1 Å². The van der Waals surface area contributed by atoms with Gasteiger partial charge in [0.25, 0.3) is 10.0 Å². The molecule has 0 bridgehead atoms. The van der Waals surface area contributed by atoms with Crippen molar-refractivity contribution in [2.24, 2.45) is 0 Å². The lowest BCUT2D eigenvalue weighted by atomic mass is 9.76. The van der Waals surface area contributed by atoms with Crippen molar-refractivity contribution in [3.63, 3.8) is 0 Å². The summed E-state index contributed by atoms with van der Waals surface area (Å²) in [5.74, 6) is 0.884. The molecule has 7 heteroatoms. The van der Waals surface area contributed by atoms with Gasteiger partial charge in [0.05, 0.1) is 11.2 Å². The average molecular weight is 482 g/mol. The number of benzene rings is 1. The van der Waals surface area contributed by atoms with Crippen LogP contribution in [0.5, 0.6) is 0 Å². The Kier molecular flexibility index (Phi) is 7.67. The number of sulfonamides is 2. The zero-order valence-corrected chi connectivity index (χ0v) is 21.1. The van der Waals surface area contributed by atoms with Gasteiger partial charge in [-0.3, -0.25) is 0 Å². The van der Waals surface area contributed by atoms with Gasteiger partial charge in [-0.2, -0.15) is 0 Å². The summed E-state index contributed by atoms with van der Waals surface area (Å²) in [6.45, 7) is 0. The third-order valence-electron chi connectivity index (χ3n) is 7.87. The molecule has 3 aliphatic rings. The molecule has 0 amide bonds. The van der Waals surface area contributed by atoms with Crippen LogP contribution in [-0.2, 0) is 20.0 Å². The molecule has 4 rings (SSSR count). The summed E-state index contributed by atoms with van der Waals surface area (Å²) < 4.78 is 53.2. The monoisotopic (exact) mass is 481 g/mol. The summed E-state index contributed by atoms with van der Waals surface area (Å²) >= 11 is 0. The van der Waals surface area contributed by atoms with Crippen molar-refractivity contribution in [2.75, 3.05) is 6.26 Å². The maximum absolute atomic E-state index is 13.6. The second kappa shape index (κ2) is 10.1. The molecule has 0 unspecified atom stereocenters. The molecule has 3 fully saturated rings. The van der Waals surface area contributed by atoms with Crippen molar-refractivity contribution in [3.8, 4) is 0 Å². The number of hydrogen-bond donors (Lipinski definition) is 1. The van der Waals surface area contributed by atoms with Gasteiger partial charge in [0.1, 0.15) is 0 Å². The van der Waals surface area contributed by atoms with Crippen molar-refractivity contribution < 1.29 is 16.8 Å². The Morgan fingerprint density at radius 2 is 1.00 bits per heavy atom. The Hall–Kier alpha value is -0.920. The zero-order valence-electron chi connectivity index (χ0n) is 19.4. The van der Waals surface area contributed by atoms with Gasteiger partial charge >= 0.3 is 0 Å². The summed E-state index contributed by atoms with van der Waals surface area (Å²) in [5, 5.41) is 0. The predicted molar refractivity (Wildman–Crippen MR) is 129 cm³/mol. The molecule has 180 valence electrons. The normalized spacial score (nSPS) is 22.8. The third-order valence-corrected chi connectivity index (χ3v) is 11.0. The fourth-order valence-electron chi connectivity index (χ4n) is 6.36. The van der Waals surface area contributed by atoms with Gasteiger partial charge in [-0.25, -0.2) is 16.8 Å². The number of hydrogen-bond acceptors (Lipinski definition) is 4. The second-order valence-corrected chi connectivity index (χ2v) is 14.0. The minimum Gasteiger partial charge on any atom is -0.212 e. The van der Waals surface area contributed by atoms with Gasteiger partial charge in [-0.05, 0) is 73.0 Å². The summed E-state index contributed by atoms with van der Waals surface area (Å²) in [4.78, 5) is 0.293. The highest BCUT2D eigenvalue weighted by Crippen LogP contribution is 2.45. The first-order valence-electron chi connectivity index (χ1n) is 12.7. The minimum absolute atomic E-state index is 0.195. The molecule has 1 N–H and O–H groups in total. The summed E-state index contributed by atoms with van der Waals surface area (Å²) in [7, 11) is -8.06. The van der Waals surface area contributed by atoms with Gasteiger partial charge in [0, 0.05) is 0 Å². The van der Waals surface area contributed by atoms with E-state index in [1.54, 1.807) is 0 Å². The van der Waals surface area contributed by atoms with E-state index in [0.29, 0.717) is 10.8 Å². The second-order valence-electron chi connectivity index (χ2n) is 10.4. The van der Waals surface area contributed by atoms with Gasteiger partial charge in [0.15, 0.2) is 0 Å². The lowest BCUT2D eigenvalue weighted by Crippen LogP contribution is -2.32. The largest absolute Gasteiger partial charge is 0.254 e. The zero-order chi connectivity index (χ0) is 22.8. The molecule has 5 nitrogen and oxygen atoms in total. The predicted octanol–water partition coefficient (Wildman–Crippen LogP) is 6.07. The van der Waals surface area contributed by atoms with E-state index in [1.807, 2.05) is 4.13 Å². The van der Waals surface area contributed by atoms with E-state index >= 15 is 0 Å². The van der Waals surface area contributed by atoms with E-state index in [4.69, 9.17) is 0 Å². The highest BCUT2D eigenvalue weighted by Gasteiger charge is 2.34. The van der Waals surface area contributed by atoms with Crippen LogP contribution in [0, 0.1) is 0 Å². The lowest BCUT2D eigenvalue weighted by Gasteiger charge is -2.32. The van der Waals surface area contributed by atoms with Gasteiger partial charge in [-0.15, -0.1) is 4.13 Å². The molecular weight excluding hydrogens is 442 g/mol. The Morgan fingerprint density at radius 1 is 0.625 bits per heavy atom. The molecule has 0 aromatic heterocycles. The van der Waals surface area contributed by atoms with Crippen LogP contribution in [0.3, 0.4) is 0 Å². The standard InChI is InChI=1S/C25H39NO4S2/c1-31(27,28)26-32(29,30)25-23(20-13-7-3-8-14-20)17-22(19-11-5-2-6-12-19)18-24(25)21-15-9-4-10-16-21/h17-21,26H,2-16H2,1H3. The first-order valence-corrected chi connectivity index (χ1v) is 16.0. The fraction of sp³-hybridized carbons (Fsp3) is 0.760. The van der Waals surface area contributed by atoms with Crippen LogP contribution >= 0.6 is 0 Å². The maximum Gasteiger partial charge on any atom is 0.254 e. The van der Waals surface area contributed by atoms with Crippen LogP contribution in [0.4, 0.5) is 0 Å². The fourth-order valence-corrected chi connectivity index (χ4v) is 9.35. The van der Waals surface area contributed by atoms with Crippen LogP contribution in [0.15, 0.2) is 17.0 Å². The molecule has 3 saturated carbocycles. The molecule has 0 heterocycles. The van der Waals surface area contributed by atoms with Crippen molar-refractivity contribution in [2.45, 2.75) is 119 Å². The Labute approximate surface area is 194 Å². The Morgan fingerprint density at radius 3 is 1.38 bits per heavy atom. The SMILES string of the molecule is CS(=O)(=O)NS(=O)(=O)c1c(C2CCCCC2)cc(C2CCCCC2)cc1C1CCCCC1. The molecule has 0 aliphatic heterocycles. The molecule has 3 aliphatic carbocycles. The molecule has 0 spiro atoms. The Bertz CT molecular complexity index is 959. The van der Waals surface area contributed by atoms with Crippen LogP contribution in [-0.4, -0.2) is 23.1 Å². The average Bonchev–Trinajstić information content (AvgIpc) is 2.78. The smallest absolute Gasteiger partial charge is 0.212 e. The number of nitrogens with one attached hydrogen (secondary N) is 1. The van der Waals surface area contributed by atoms with Crippen molar-refractivity contribution in [1.82, 2.24) is 4.13 Å². The molecule has 1 aromatic carbocycles. The molecule has 0 atom stereocenters. The Balaban J connectivity index is 1.90. The highest BCUT2D eigenvalue weighted by molar-refractivity contribution is 8.04. The van der Waals surface area contributed by atoms with E-state index in [-0.39, 0.29) is 11.8 Å². The summed E-state index contributed by atoms with van der Waals surface area (Å²) in [6.07, 6.45) is 17.8. The lowest BCUT2D eigenvalue weighted by molar-refractivity contribution is 0.419. The van der Waals surface area contributed by atoms with Gasteiger partial charge < -0.3 is 0 Å². The third kappa shape index (κ3) is 5.76. The van der Waals surface area contributed by atoms with E-state index < -0.39 is 20.0 Å².